The Bertz CT molecular complexity index is 663. The normalized spacial score (nSPS) is 11.9. The van der Waals surface area contributed by atoms with E-state index in [0.29, 0.717) is 29.7 Å². The van der Waals surface area contributed by atoms with Crippen LogP contribution in [0.3, 0.4) is 0 Å². The van der Waals surface area contributed by atoms with Gasteiger partial charge in [0.1, 0.15) is 11.6 Å². The summed E-state index contributed by atoms with van der Waals surface area (Å²) < 4.78 is 26.4. The summed E-state index contributed by atoms with van der Waals surface area (Å²) in [7, 11) is -3.53. The Morgan fingerprint density at radius 2 is 2.25 bits per heavy atom. The van der Waals surface area contributed by atoms with Gasteiger partial charge < -0.3 is 4.98 Å². The molecule has 110 valence electrons. The molecule has 0 aromatic carbocycles. The molecule has 0 spiro atoms. The van der Waals surface area contributed by atoms with Crippen LogP contribution < -0.4 is 4.72 Å². The van der Waals surface area contributed by atoms with Gasteiger partial charge in [0.05, 0.1) is 6.20 Å². The van der Waals surface area contributed by atoms with E-state index >= 15 is 0 Å². The average molecular weight is 316 g/mol. The predicted octanol–water partition coefficient (Wildman–Crippen LogP) is 0.469. The first-order valence-corrected chi connectivity index (χ1v) is 8.53. The summed E-state index contributed by atoms with van der Waals surface area (Å²) in [6.07, 6.45) is 1.99. The van der Waals surface area contributed by atoms with Crippen molar-refractivity contribution < 1.29 is 8.42 Å². The molecule has 0 saturated carbocycles. The van der Waals surface area contributed by atoms with Crippen molar-refractivity contribution in [2.75, 3.05) is 12.3 Å². The van der Waals surface area contributed by atoms with Crippen LogP contribution in [0.25, 0.3) is 0 Å². The molecule has 0 aliphatic heterocycles. The summed E-state index contributed by atoms with van der Waals surface area (Å²) in [5.41, 5.74) is 0. The zero-order valence-corrected chi connectivity index (χ0v) is 12.8. The van der Waals surface area contributed by atoms with Crippen LogP contribution in [0.4, 0.5) is 0 Å². The molecule has 0 aliphatic carbocycles. The number of hydrogen-bond acceptors (Lipinski definition) is 6. The van der Waals surface area contributed by atoms with Crippen LogP contribution in [-0.2, 0) is 16.4 Å². The van der Waals surface area contributed by atoms with Crippen molar-refractivity contribution in [2.45, 2.75) is 30.5 Å². The lowest BCUT2D eigenvalue weighted by atomic mass is 10.5. The highest BCUT2D eigenvalue weighted by molar-refractivity contribution is 7.99. The van der Waals surface area contributed by atoms with Gasteiger partial charge in [0, 0.05) is 18.7 Å². The topological polar surface area (TPSA) is 116 Å². The first kappa shape index (κ1) is 15.0. The number of aromatic nitrogens is 5. The zero-order chi connectivity index (χ0) is 14.6. The molecule has 0 radical (unpaired) electrons. The van der Waals surface area contributed by atoms with E-state index < -0.39 is 10.0 Å². The van der Waals surface area contributed by atoms with Crippen molar-refractivity contribution in [2.24, 2.45) is 0 Å². The maximum absolute atomic E-state index is 11.9. The summed E-state index contributed by atoms with van der Waals surface area (Å²) in [5.74, 6) is 1.93. The van der Waals surface area contributed by atoms with Gasteiger partial charge in [-0.05, 0) is 6.92 Å². The molecular formula is C10H16N6O2S2. The number of nitrogens with zero attached hydrogens (tertiary/aromatic N) is 3. The second-order valence-electron chi connectivity index (χ2n) is 4.00. The number of H-pyrrole nitrogens is 2. The molecule has 0 atom stereocenters. The van der Waals surface area contributed by atoms with Crippen molar-refractivity contribution in [3.8, 4) is 0 Å². The molecule has 0 aliphatic rings. The number of sulfonamides is 1. The quantitative estimate of drug-likeness (QED) is 0.505. The van der Waals surface area contributed by atoms with Crippen LogP contribution in [0.1, 0.15) is 18.6 Å². The van der Waals surface area contributed by atoms with Crippen LogP contribution in [0, 0.1) is 6.92 Å². The summed E-state index contributed by atoms with van der Waals surface area (Å²) in [5, 5.41) is 7.38. The molecule has 0 bridgehead atoms. The van der Waals surface area contributed by atoms with Crippen LogP contribution in [0.5, 0.6) is 0 Å². The Kier molecular flexibility index (Phi) is 4.78. The van der Waals surface area contributed by atoms with Gasteiger partial charge >= 0.3 is 0 Å². The molecule has 0 saturated heterocycles. The number of aryl methyl sites for hydroxylation is 2. The van der Waals surface area contributed by atoms with E-state index in [4.69, 9.17) is 0 Å². The maximum atomic E-state index is 11.9. The highest BCUT2D eigenvalue weighted by Crippen LogP contribution is 2.11. The molecule has 0 unspecified atom stereocenters. The van der Waals surface area contributed by atoms with E-state index in [1.807, 2.05) is 13.8 Å². The minimum Gasteiger partial charge on any atom is -0.332 e. The lowest BCUT2D eigenvalue weighted by Crippen LogP contribution is -2.26. The van der Waals surface area contributed by atoms with Gasteiger partial charge in [0.25, 0.3) is 10.0 Å². The molecule has 2 heterocycles. The highest BCUT2D eigenvalue weighted by atomic mass is 32.2. The fourth-order valence-electron chi connectivity index (χ4n) is 1.44. The first-order chi connectivity index (χ1) is 9.51. The Hall–Kier alpha value is -1.39. The Morgan fingerprint density at radius 3 is 2.85 bits per heavy atom. The first-order valence-electron chi connectivity index (χ1n) is 6.06. The fraction of sp³-hybridized carbons (Fsp3) is 0.500. The van der Waals surface area contributed by atoms with Crippen LogP contribution >= 0.6 is 11.8 Å². The number of hydrogen-bond donors (Lipinski definition) is 3. The number of thioether (sulfide) groups is 1. The highest BCUT2D eigenvalue weighted by Gasteiger charge is 2.16. The summed E-state index contributed by atoms with van der Waals surface area (Å²) in [4.78, 5) is 10.9. The predicted molar refractivity (Wildman–Crippen MR) is 75.0 cm³/mol. The number of imidazole rings is 1. The molecule has 20 heavy (non-hydrogen) atoms. The van der Waals surface area contributed by atoms with Crippen molar-refractivity contribution in [1.29, 1.82) is 0 Å². The smallest absolute Gasteiger partial charge is 0.257 e. The molecule has 0 fully saturated rings. The number of rotatable bonds is 7. The maximum Gasteiger partial charge on any atom is 0.257 e. The number of nitrogens with one attached hydrogen (secondary N) is 3. The summed E-state index contributed by atoms with van der Waals surface area (Å²) in [6, 6.07) is 0. The third-order valence-electron chi connectivity index (χ3n) is 2.43. The Balaban J connectivity index is 1.83. The molecule has 2 aromatic heterocycles. The van der Waals surface area contributed by atoms with E-state index in [1.165, 1.54) is 18.0 Å². The standard InChI is InChI=1S/C10H16N6O2S2/c1-3-8-11-6-9(14-8)20(17,18)12-4-5-19-10-13-7(2)15-16-10/h6,12H,3-5H2,1-2H3,(H,11,14)(H,13,15,16). The van der Waals surface area contributed by atoms with E-state index in [-0.39, 0.29) is 5.03 Å². The van der Waals surface area contributed by atoms with Gasteiger partial charge in [-0.15, -0.1) is 5.10 Å². The van der Waals surface area contributed by atoms with Crippen molar-refractivity contribution in [3.63, 3.8) is 0 Å². The van der Waals surface area contributed by atoms with E-state index in [0.717, 1.165) is 5.82 Å². The SMILES string of the molecule is CCc1ncc(S(=O)(=O)NCCSc2n[nH]c(C)n2)[nH]1. The minimum absolute atomic E-state index is 0.0908. The van der Waals surface area contributed by atoms with Crippen molar-refractivity contribution >= 4 is 21.8 Å². The second-order valence-corrected chi connectivity index (χ2v) is 6.79. The lowest BCUT2D eigenvalue weighted by Gasteiger charge is -2.03. The average Bonchev–Trinajstić information content (AvgIpc) is 3.03. The number of aromatic amines is 2. The largest absolute Gasteiger partial charge is 0.332 e. The lowest BCUT2D eigenvalue weighted by molar-refractivity contribution is 0.580. The van der Waals surface area contributed by atoms with Gasteiger partial charge in [0.15, 0.2) is 5.03 Å². The second kappa shape index (κ2) is 6.37. The monoisotopic (exact) mass is 316 g/mol. The van der Waals surface area contributed by atoms with Gasteiger partial charge in [-0.25, -0.2) is 23.1 Å². The van der Waals surface area contributed by atoms with Gasteiger partial charge in [-0.3, -0.25) is 5.10 Å². The molecule has 10 heteroatoms. The minimum atomic E-state index is -3.53. The molecule has 3 N–H and O–H groups in total. The van der Waals surface area contributed by atoms with Gasteiger partial charge in [-0.2, -0.15) is 0 Å². The van der Waals surface area contributed by atoms with Crippen molar-refractivity contribution in [3.05, 3.63) is 17.8 Å². The van der Waals surface area contributed by atoms with Crippen molar-refractivity contribution in [1.82, 2.24) is 29.9 Å². The Morgan fingerprint density at radius 1 is 1.45 bits per heavy atom. The van der Waals surface area contributed by atoms with Crippen LogP contribution in [0.15, 0.2) is 16.4 Å². The molecule has 0 amide bonds. The summed E-state index contributed by atoms with van der Waals surface area (Å²) in [6.45, 7) is 4.00. The third kappa shape index (κ3) is 3.81. The molecule has 2 aromatic rings. The molecule has 2 rings (SSSR count). The molecule has 8 nitrogen and oxygen atoms in total. The zero-order valence-electron chi connectivity index (χ0n) is 11.2. The fourth-order valence-corrected chi connectivity index (χ4v) is 3.24. The van der Waals surface area contributed by atoms with Crippen LogP contribution in [-0.4, -0.2) is 45.9 Å². The third-order valence-corrected chi connectivity index (χ3v) is 4.65. The van der Waals surface area contributed by atoms with E-state index in [1.54, 1.807) is 0 Å². The Labute approximate surface area is 121 Å². The molecular weight excluding hydrogens is 300 g/mol. The summed E-state index contributed by atoms with van der Waals surface area (Å²) >= 11 is 1.38. The van der Waals surface area contributed by atoms with Gasteiger partial charge in [0.2, 0.25) is 5.16 Å². The van der Waals surface area contributed by atoms with E-state index in [9.17, 15) is 8.42 Å². The van der Waals surface area contributed by atoms with Gasteiger partial charge in [-0.1, -0.05) is 18.7 Å². The van der Waals surface area contributed by atoms with Crippen LogP contribution in [0.2, 0.25) is 0 Å². The van der Waals surface area contributed by atoms with E-state index in [2.05, 4.69) is 29.9 Å².